The highest BCUT2D eigenvalue weighted by molar-refractivity contribution is 5.24. The lowest BCUT2D eigenvalue weighted by atomic mass is 9.97. The van der Waals surface area contributed by atoms with Crippen molar-refractivity contribution in [3.63, 3.8) is 0 Å². The second-order valence-corrected chi connectivity index (χ2v) is 11.9. The van der Waals surface area contributed by atoms with Crippen molar-refractivity contribution in [3.05, 3.63) is 144 Å². The normalized spacial score (nSPS) is 14.2. The van der Waals surface area contributed by atoms with Crippen LogP contribution in [0.15, 0.2) is 121 Å². The summed E-state index contributed by atoms with van der Waals surface area (Å²) in [5.41, 5.74) is 5.62. The van der Waals surface area contributed by atoms with Crippen LogP contribution >= 0.6 is 0 Å². The lowest BCUT2D eigenvalue weighted by molar-refractivity contribution is 0.0198. The van der Waals surface area contributed by atoms with Crippen LogP contribution < -0.4 is 0 Å². The molecule has 276 valence electrons. The van der Waals surface area contributed by atoms with E-state index in [9.17, 15) is 0 Å². The summed E-state index contributed by atoms with van der Waals surface area (Å²) in [5, 5.41) is 0. The summed E-state index contributed by atoms with van der Waals surface area (Å²) >= 11 is 0. The summed E-state index contributed by atoms with van der Waals surface area (Å²) in [7, 11) is 0. The minimum Gasteiger partial charge on any atom is -0.379 e. The molecule has 0 spiro atoms. The third kappa shape index (κ3) is 16.2. The van der Waals surface area contributed by atoms with E-state index < -0.39 is 0 Å². The Balaban J connectivity index is 0.000000364. The average Bonchev–Trinajstić information content (AvgIpc) is 3.22. The van der Waals surface area contributed by atoms with Crippen LogP contribution in [0.4, 0.5) is 0 Å². The number of morpholine rings is 1. The van der Waals surface area contributed by atoms with E-state index in [4.69, 9.17) is 4.74 Å². The molecule has 0 radical (unpaired) electrons. The maximum Gasteiger partial charge on any atom is 0.0594 e. The van der Waals surface area contributed by atoms with Gasteiger partial charge in [-0.2, -0.15) is 0 Å². The lowest BCUT2D eigenvalue weighted by Gasteiger charge is -2.32. The van der Waals surface area contributed by atoms with Gasteiger partial charge in [-0.25, -0.2) is 0 Å². The molecular weight excluding hydrogens is 611 g/mol. The first kappa shape index (κ1) is 44.7. The first-order chi connectivity index (χ1) is 24.5. The fourth-order valence-corrected chi connectivity index (χ4v) is 6.26. The maximum absolute atomic E-state index is 5.34. The van der Waals surface area contributed by atoms with E-state index in [2.05, 4.69) is 178 Å². The van der Waals surface area contributed by atoms with Gasteiger partial charge < -0.3 is 4.74 Å². The monoisotopic (exact) mass is 682 g/mol. The number of likely N-dealkylation sites (N-methyl/N-ethyl adjacent to an activating group) is 1. The topological polar surface area (TPSA) is 19.0 Å². The fraction of sp³-hybridized carbons (Fsp3) is 0.478. The third-order valence-electron chi connectivity index (χ3n) is 9.23. The number of hydrogen-bond donors (Lipinski definition) is 0. The molecule has 0 aromatic heterocycles. The van der Waals surface area contributed by atoms with E-state index in [1.54, 1.807) is 0 Å². The van der Waals surface area contributed by atoms with Crippen molar-refractivity contribution >= 4 is 0 Å². The predicted molar refractivity (Wildman–Crippen MR) is 220 cm³/mol. The molecule has 3 atom stereocenters. The molecule has 4 heteroatoms. The highest BCUT2D eigenvalue weighted by atomic mass is 16.5. The van der Waals surface area contributed by atoms with Crippen molar-refractivity contribution in [2.24, 2.45) is 0 Å². The second kappa shape index (κ2) is 28.4. The van der Waals surface area contributed by atoms with Crippen molar-refractivity contribution in [1.29, 1.82) is 0 Å². The molecule has 0 bridgehead atoms. The van der Waals surface area contributed by atoms with Gasteiger partial charge in [0.15, 0.2) is 0 Å². The van der Waals surface area contributed by atoms with Crippen LogP contribution in [-0.4, -0.2) is 67.2 Å². The molecular formula is C46H71N3O. The molecule has 1 saturated heterocycles. The Morgan fingerprint density at radius 2 is 0.900 bits per heavy atom. The van der Waals surface area contributed by atoms with E-state index in [0.29, 0.717) is 18.1 Å². The van der Waals surface area contributed by atoms with Gasteiger partial charge in [0.25, 0.3) is 0 Å². The van der Waals surface area contributed by atoms with Crippen LogP contribution in [0.1, 0.15) is 110 Å². The van der Waals surface area contributed by atoms with Crippen molar-refractivity contribution in [3.8, 4) is 0 Å². The van der Waals surface area contributed by atoms with Gasteiger partial charge >= 0.3 is 0 Å². The van der Waals surface area contributed by atoms with Gasteiger partial charge in [-0.15, -0.1) is 0 Å². The quantitative estimate of drug-likeness (QED) is 0.148. The largest absolute Gasteiger partial charge is 0.379 e. The standard InChI is InChI=1S/C18H23N.C12H17NO.C12H19N.2C2H6/c1-3-19(4-2)18(17-13-9-6-10-14-17)15-16-11-7-5-8-12-16;1-11(12-5-3-2-4-6-12)13-7-9-14-10-8-13;1-4-13(5-2)11(3)12-9-7-6-8-10-12;2*1-2/h5-14,18H,3-4,15H2,1-2H3;2-6,11H,7-10H2,1H3;6-11H,4-5H2,1-3H3;2*1-2H3. The average molecular weight is 682 g/mol. The van der Waals surface area contributed by atoms with Gasteiger partial charge in [-0.1, -0.05) is 177 Å². The molecule has 1 fully saturated rings. The molecule has 0 amide bonds. The zero-order valence-corrected chi connectivity index (χ0v) is 33.4. The third-order valence-corrected chi connectivity index (χ3v) is 9.23. The van der Waals surface area contributed by atoms with Crippen LogP contribution in [0.25, 0.3) is 0 Å². The molecule has 4 aromatic carbocycles. The lowest BCUT2D eigenvalue weighted by Crippen LogP contribution is -2.37. The van der Waals surface area contributed by atoms with Crippen LogP contribution in [0.2, 0.25) is 0 Å². The predicted octanol–water partition coefficient (Wildman–Crippen LogP) is 11.5. The SMILES string of the molecule is CC.CC.CC(c1ccccc1)N1CCOCC1.CCN(CC)C(C)c1ccccc1.CCN(CC)C(Cc1ccccc1)c1ccccc1. The maximum atomic E-state index is 5.34. The van der Waals surface area contributed by atoms with Crippen molar-refractivity contribution in [2.45, 2.75) is 93.8 Å². The molecule has 0 aliphatic carbocycles. The van der Waals surface area contributed by atoms with E-state index in [0.717, 1.165) is 58.9 Å². The summed E-state index contributed by atoms with van der Waals surface area (Å²) in [4.78, 5) is 7.45. The van der Waals surface area contributed by atoms with Crippen LogP contribution in [0, 0.1) is 0 Å². The van der Waals surface area contributed by atoms with Gasteiger partial charge in [0.2, 0.25) is 0 Å². The summed E-state index contributed by atoms with van der Waals surface area (Å²) in [6.07, 6.45) is 1.08. The Labute approximate surface area is 308 Å². The van der Waals surface area contributed by atoms with Crippen molar-refractivity contribution in [1.82, 2.24) is 14.7 Å². The Bertz CT molecular complexity index is 1270. The highest BCUT2D eigenvalue weighted by Crippen LogP contribution is 2.25. The van der Waals surface area contributed by atoms with Crippen molar-refractivity contribution < 1.29 is 4.74 Å². The second-order valence-electron chi connectivity index (χ2n) is 11.9. The summed E-state index contributed by atoms with van der Waals surface area (Å²) in [6.45, 7) is 29.7. The molecule has 0 N–H and O–H groups in total. The van der Waals surface area contributed by atoms with Crippen LogP contribution in [0.3, 0.4) is 0 Å². The van der Waals surface area contributed by atoms with Crippen molar-refractivity contribution in [2.75, 3.05) is 52.5 Å². The number of nitrogens with zero attached hydrogens (tertiary/aromatic N) is 3. The molecule has 1 aliphatic rings. The molecule has 50 heavy (non-hydrogen) atoms. The molecule has 1 aliphatic heterocycles. The van der Waals surface area contributed by atoms with Gasteiger partial charge in [0.05, 0.1) is 13.2 Å². The highest BCUT2D eigenvalue weighted by Gasteiger charge is 2.19. The van der Waals surface area contributed by atoms with E-state index >= 15 is 0 Å². The number of rotatable bonds is 12. The summed E-state index contributed by atoms with van der Waals surface area (Å²) in [6, 6.07) is 44.5. The number of hydrogen-bond acceptors (Lipinski definition) is 4. The molecule has 4 nitrogen and oxygen atoms in total. The Morgan fingerprint density at radius 3 is 1.32 bits per heavy atom. The van der Waals surface area contributed by atoms with Crippen LogP contribution in [0.5, 0.6) is 0 Å². The summed E-state index contributed by atoms with van der Waals surface area (Å²) < 4.78 is 5.34. The zero-order valence-electron chi connectivity index (χ0n) is 33.4. The molecule has 3 unspecified atom stereocenters. The molecule has 0 saturated carbocycles. The Morgan fingerprint density at radius 1 is 0.520 bits per heavy atom. The first-order valence-corrected chi connectivity index (χ1v) is 19.5. The van der Waals surface area contributed by atoms with E-state index in [1.807, 2.05) is 27.7 Å². The number of ether oxygens (including phenoxy) is 1. The Kier molecular flexibility index (Phi) is 25.4. The molecule has 4 aromatic rings. The summed E-state index contributed by atoms with van der Waals surface area (Å²) in [5.74, 6) is 0. The van der Waals surface area contributed by atoms with E-state index in [1.165, 1.54) is 22.3 Å². The molecule has 5 rings (SSSR count). The van der Waals surface area contributed by atoms with E-state index in [-0.39, 0.29) is 0 Å². The smallest absolute Gasteiger partial charge is 0.0594 e. The number of benzene rings is 4. The zero-order chi connectivity index (χ0) is 37.0. The van der Waals surface area contributed by atoms with Gasteiger partial charge in [0.1, 0.15) is 0 Å². The first-order valence-electron chi connectivity index (χ1n) is 19.5. The fourth-order valence-electron chi connectivity index (χ4n) is 6.26. The minimum absolute atomic E-state index is 0.471. The van der Waals surface area contributed by atoms with Gasteiger partial charge in [0, 0.05) is 31.2 Å². The molecule has 1 heterocycles. The Hall–Kier alpha value is -3.28. The van der Waals surface area contributed by atoms with Gasteiger partial charge in [-0.3, -0.25) is 14.7 Å². The minimum atomic E-state index is 0.471. The van der Waals surface area contributed by atoms with Crippen LogP contribution in [-0.2, 0) is 11.2 Å². The van der Waals surface area contributed by atoms with Gasteiger partial charge in [-0.05, 0) is 68.7 Å².